The lowest BCUT2D eigenvalue weighted by Crippen LogP contribution is -2.43. The Morgan fingerprint density at radius 1 is 1.42 bits per heavy atom. The minimum Gasteiger partial charge on any atom is -0.482 e. The largest absolute Gasteiger partial charge is 0.482 e. The highest BCUT2D eigenvalue weighted by Gasteiger charge is 2.28. The van der Waals surface area contributed by atoms with Gasteiger partial charge in [0.2, 0.25) is 0 Å². The molecule has 2 unspecified atom stereocenters. The fraction of sp³-hybridized carbons (Fsp3) is 0.538. The van der Waals surface area contributed by atoms with Crippen molar-refractivity contribution in [3.05, 3.63) is 34.1 Å². The van der Waals surface area contributed by atoms with Crippen LogP contribution in [0.25, 0.3) is 0 Å². The van der Waals surface area contributed by atoms with Gasteiger partial charge in [-0.1, -0.05) is 6.42 Å². The Bertz CT molecular complexity index is 467. The van der Waals surface area contributed by atoms with Crippen molar-refractivity contribution in [1.29, 1.82) is 0 Å². The van der Waals surface area contributed by atoms with Crippen molar-refractivity contribution in [1.82, 2.24) is 5.32 Å². The van der Waals surface area contributed by atoms with E-state index in [1.54, 1.807) is 0 Å². The summed E-state index contributed by atoms with van der Waals surface area (Å²) in [4.78, 5) is 10.4. The fourth-order valence-corrected chi connectivity index (χ4v) is 2.46. The SMILES string of the molecule is CNC1CCCCC1Oc1cc(F)ccc1[N+](=O)[O-]. The van der Waals surface area contributed by atoms with Gasteiger partial charge in [-0.2, -0.15) is 0 Å². The Labute approximate surface area is 110 Å². The van der Waals surface area contributed by atoms with Crippen molar-refractivity contribution in [2.24, 2.45) is 0 Å². The Morgan fingerprint density at radius 3 is 2.84 bits per heavy atom. The van der Waals surface area contributed by atoms with E-state index in [0.29, 0.717) is 0 Å². The summed E-state index contributed by atoms with van der Waals surface area (Å²) in [6, 6.07) is 3.44. The van der Waals surface area contributed by atoms with Crippen molar-refractivity contribution in [3.8, 4) is 5.75 Å². The molecule has 0 aromatic heterocycles. The van der Waals surface area contributed by atoms with E-state index >= 15 is 0 Å². The zero-order chi connectivity index (χ0) is 13.8. The van der Waals surface area contributed by atoms with Crippen LogP contribution in [-0.4, -0.2) is 24.1 Å². The third-order valence-electron chi connectivity index (χ3n) is 3.47. The summed E-state index contributed by atoms with van der Waals surface area (Å²) < 4.78 is 18.9. The van der Waals surface area contributed by atoms with Crippen LogP contribution in [0.4, 0.5) is 10.1 Å². The molecule has 0 spiro atoms. The van der Waals surface area contributed by atoms with Crippen molar-refractivity contribution >= 4 is 5.69 Å². The first-order valence-electron chi connectivity index (χ1n) is 6.39. The molecule has 1 saturated carbocycles. The molecule has 5 nitrogen and oxygen atoms in total. The van der Waals surface area contributed by atoms with E-state index in [-0.39, 0.29) is 23.6 Å². The molecule has 6 heteroatoms. The van der Waals surface area contributed by atoms with Gasteiger partial charge in [0.25, 0.3) is 0 Å². The quantitative estimate of drug-likeness (QED) is 0.673. The second-order valence-electron chi connectivity index (χ2n) is 4.71. The Hall–Kier alpha value is -1.69. The molecule has 1 aromatic rings. The number of hydrogen-bond acceptors (Lipinski definition) is 4. The van der Waals surface area contributed by atoms with Gasteiger partial charge in [0, 0.05) is 18.2 Å². The maximum absolute atomic E-state index is 13.2. The number of nitro groups is 1. The molecule has 19 heavy (non-hydrogen) atoms. The van der Waals surface area contributed by atoms with E-state index in [1.165, 1.54) is 0 Å². The first kappa shape index (κ1) is 13.7. The van der Waals surface area contributed by atoms with Gasteiger partial charge in [0.05, 0.1) is 4.92 Å². The molecule has 0 amide bonds. The van der Waals surface area contributed by atoms with E-state index in [4.69, 9.17) is 4.74 Å². The topological polar surface area (TPSA) is 64.4 Å². The monoisotopic (exact) mass is 268 g/mol. The molecule has 1 aromatic carbocycles. The summed E-state index contributed by atoms with van der Waals surface area (Å²) in [5.74, 6) is -0.519. The van der Waals surface area contributed by atoms with Crippen LogP contribution in [0.1, 0.15) is 25.7 Å². The highest BCUT2D eigenvalue weighted by atomic mass is 19.1. The number of nitrogens with zero attached hydrogens (tertiary/aromatic N) is 1. The molecule has 0 radical (unpaired) electrons. The highest BCUT2D eigenvalue weighted by Crippen LogP contribution is 2.31. The van der Waals surface area contributed by atoms with Crippen LogP contribution in [0.5, 0.6) is 5.75 Å². The number of halogens is 1. The Morgan fingerprint density at radius 2 is 2.16 bits per heavy atom. The molecule has 0 heterocycles. The zero-order valence-electron chi connectivity index (χ0n) is 10.8. The second-order valence-corrected chi connectivity index (χ2v) is 4.71. The molecule has 0 bridgehead atoms. The molecule has 0 aliphatic heterocycles. The fourth-order valence-electron chi connectivity index (χ4n) is 2.46. The average molecular weight is 268 g/mol. The van der Waals surface area contributed by atoms with Crippen LogP contribution in [0, 0.1) is 15.9 Å². The first-order chi connectivity index (χ1) is 9.11. The maximum Gasteiger partial charge on any atom is 0.311 e. The average Bonchev–Trinajstić information content (AvgIpc) is 2.39. The van der Waals surface area contributed by atoms with Crippen molar-refractivity contribution < 1.29 is 14.1 Å². The van der Waals surface area contributed by atoms with Crippen LogP contribution in [0.15, 0.2) is 18.2 Å². The van der Waals surface area contributed by atoms with Crippen LogP contribution in [0.2, 0.25) is 0 Å². The van der Waals surface area contributed by atoms with Crippen molar-refractivity contribution in [2.75, 3.05) is 7.05 Å². The van der Waals surface area contributed by atoms with Crippen LogP contribution in [-0.2, 0) is 0 Å². The molecule has 1 aliphatic carbocycles. The molecular formula is C13H17FN2O3. The van der Waals surface area contributed by atoms with Gasteiger partial charge < -0.3 is 10.1 Å². The smallest absolute Gasteiger partial charge is 0.311 e. The number of likely N-dealkylation sites (N-methyl/N-ethyl adjacent to an activating group) is 1. The van der Waals surface area contributed by atoms with Gasteiger partial charge in [0.1, 0.15) is 11.9 Å². The molecule has 0 saturated heterocycles. The van der Waals surface area contributed by atoms with Gasteiger partial charge >= 0.3 is 5.69 Å². The third kappa shape index (κ3) is 3.20. The Kier molecular flexibility index (Phi) is 4.31. The molecular weight excluding hydrogens is 251 g/mol. The summed E-state index contributed by atoms with van der Waals surface area (Å²) in [7, 11) is 1.84. The molecule has 1 aliphatic rings. The summed E-state index contributed by atoms with van der Waals surface area (Å²) in [5.41, 5.74) is -0.193. The van der Waals surface area contributed by atoms with Gasteiger partial charge in [0.15, 0.2) is 5.75 Å². The third-order valence-corrected chi connectivity index (χ3v) is 3.47. The molecule has 104 valence electrons. The highest BCUT2D eigenvalue weighted by molar-refractivity contribution is 5.46. The predicted octanol–water partition coefficient (Wildman–Crippen LogP) is 2.64. The number of benzene rings is 1. The normalized spacial score (nSPS) is 23.1. The lowest BCUT2D eigenvalue weighted by atomic mass is 9.92. The number of nitro benzene ring substituents is 1. The van der Waals surface area contributed by atoms with Gasteiger partial charge in [-0.15, -0.1) is 0 Å². The molecule has 2 rings (SSSR count). The Balaban J connectivity index is 2.21. The van der Waals surface area contributed by atoms with Crippen LogP contribution < -0.4 is 10.1 Å². The zero-order valence-corrected chi connectivity index (χ0v) is 10.8. The molecule has 2 atom stereocenters. The van der Waals surface area contributed by atoms with E-state index in [0.717, 1.165) is 43.9 Å². The number of rotatable bonds is 4. The summed E-state index contributed by atoms with van der Waals surface area (Å²) in [6.07, 6.45) is 3.76. The summed E-state index contributed by atoms with van der Waals surface area (Å²) in [6.45, 7) is 0. The van der Waals surface area contributed by atoms with Gasteiger partial charge in [-0.25, -0.2) is 4.39 Å². The van der Waals surface area contributed by atoms with E-state index in [2.05, 4.69) is 5.32 Å². The predicted molar refractivity (Wildman–Crippen MR) is 68.8 cm³/mol. The molecule has 1 N–H and O–H groups in total. The van der Waals surface area contributed by atoms with E-state index in [9.17, 15) is 14.5 Å². The standard InChI is InChI=1S/C13H17FN2O3/c1-15-10-4-2-3-5-12(10)19-13-8-9(14)6-7-11(13)16(17)18/h6-8,10,12,15H,2-5H2,1H3. The van der Waals surface area contributed by atoms with Gasteiger partial charge in [-0.05, 0) is 32.4 Å². The molecule has 1 fully saturated rings. The number of nitrogens with one attached hydrogen (secondary N) is 1. The van der Waals surface area contributed by atoms with E-state index < -0.39 is 10.7 Å². The van der Waals surface area contributed by atoms with Crippen molar-refractivity contribution in [3.63, 3.8) is 0 Å². The van der Waals surface area contributed by atoms with Gasteiger partial charge in [-0.3, -0.25) is 10.1 Å². The van der Waals surface area contributed by atoms with E-state index in [1.807, 2.05) is 7.05 Å². The first-order valence-corrected chi connectivity index (χ1v) is 6.39. The lowest BCUT2D eigenvalue weighted by Gasteiger charge is -2.31. The number of hydrogen-bond donors (Lipinski definition) is 1. The summed E-state index contributed by atoms with van der Waals surface area (Å²) in [5, 5.41) is 14.1. The van der Waals surface area contributed by atoms with Crippen molar-refractivity contribution in [2.45, 2.75) is 37.8 Å². The minimum atomic E-state index is -0.550. The second kappa shape index (κ2) is 5.97. The number of ether oxygens (including phenoxy) is 1. The maximum atomic E-state index is 13.2. The summed E-state index contributed by atoms with van der Waals surface area (Å²) >= 11 is 0. The minimum absolute atomic E-state index is 0.0113. The van der Waals surface area contributed by atoms with Crippen LogP contribution in [0.3, 0.4) is 0 Å². The lowest BCUT2D eigenvalue weighted by molar-refractivity contribution is -0.386. The van der Waals surface area contributed by atoms with Crippen LogP contribution >= 0.6 is 0 Å².